The minimum Gasteiger partial charge on any atom is -0.497 e. The smallest absolute Gasteiger partial charge is 0.236 e. The molecule has 1 N–H and O–H groups in total. The highest BCUT2D eigenvalue weighted by molar-refractivity contribution is 7.91. The highest BCUT2D eigenvalue weighted by Crippen LogP contribution is 2.17. The van der Waals surface area contributed by atoms with E-state index in [4.69, 9.17) is 4.74 Å². The van der Waals surface area contributed by atoms with Crippen molar-refractivity contribution < 1.29 is 17.9 Å². The highest BCUT2D eigenvalue weighted by atomic mass is 32.2. The summed E-state index contributed by atoms with van der Waals surface area (Å²) in [5, 5.41) is 3.15. The Bertz CT molecular complexity index is 643. The van der Waals surface area contributed by atoms with E-state index in [0.717, 1.165) is 12.2 Å². The van der Waals surface area contributed by atoms with Gasteiger partial charge in [-0.3, -0.25) is 4.79 Å². The predicted molar refractivity (Wildman–Crippen MR) is 94.0 cm³/mol. The molecular weight excluding hydrogens is 328 g/mol. The summed E-state index contributed by atoms with van der Waals surface area (Å²) in [6.07, 6.45) is 1.37. The molecule has 1 atom stereocenters. The Labute approximate surface area is 144 Å². The lowest BCUT2D eigenvalue weighted by Gasteiger charge is -2.27. The van der Waals surface area contributed by atoms with E-state index in [2.05, 4.69) is 5.32 Å². The molecule has 134 valence electrons. The summed E-state index contributed by atoms with van der Waals surface area (Å²) >= 11 is 0. The van der Waals surface area contributed by atoms with Crippen LogP contribution in [0.15, 0.2) is 24.3 Å². The number of nitrogens with zero attached hydrogens (tertiary/aromatic N) is 1. The van der Waals surface area contributed by atoms with Crippen molar-refractivity contribution >= 4 is 15.7 Å². The van der Waals surface area contributed by atoms with Crippen LogP contribution in [0.1, 0.15) is 18.9 Å². The molecule has 0 radical (unpaired) electrons. The molecule has 6 nitrogen and oxygen atoms in total. The second-order valence-electron chi connectivity index (χ2n) is 6.01. The van der Waals surface area contributed by atoms with E-state index in [9.17, 15) is 13.2 Å². The molecule has 0 aromatic heterocycles. The number of amides is 1. The molecule has 1 unspecified atom stereocenters. The van der Waals surface area contributed by atoms with E-state index in [-0.39, 0.29) is 30.0 Å². The SMILES string of the molecule is CCN(C(=O)CNCCc1ccc(OC)cc1)C1CCS(=O)(=O)C1. The van der Waals surface area contributed by atoms with E-state index in [1.54, 1.807) is 12.0 Å². The fourth-order valence-corrected chi connectivity index (χ4v) is 4.71. The zero-order valence-corrected chi connectivity index (χ0v) is 15.1. The summed E-state index contributed by atoms with van der Waals surface area (Å²) < 4.78 is 28.3. The van der Waals surface area contributed by atoms with E-state index in [1.807, 2.05) is 31.2 Å². The molecule has 0 aliphatic carbocycles. The number of hydrogen-bond donors (Lipinski definition) is 1. The normalized spacial score (nSPS) is 19.2. The second-order valence-corrected chi connectivity index (χ2v) is 8.24. The molecule has 1 aromatic rings. The number of carbonyl (C=O) groups excluding carboxylic acids is 1. The van der Waals surface area contributed by atoms with Crippen LogP contribution in [-0.2, 0) is 21.1 Å². The summed E-state index contributed by atoms with van der Waals surface area (Å²) in [7, 11) is -1.34. The van der Waals surface area contributed by atoms with Gasteiger partial charge in [0, 0.05) is 12.6 Å². The van der Waals surface area contributed by atoms with Gasteiger partial charge in [-0.05, 0) is 44.0 Å². The molecule has 0 bridgehead atoms. The third kappa shape index (κ3) is 5.21. The molecule has 1 amide bonds. The van der Waals surface area contributed by atoms with Crippen molar-refractivity contribution in [3.63, 3.8) is 0 Å². The lowest BCUT2D eigenvalue weighted by Crippen LogP contribution is -2.45. The molecule has 0 spiro atoms. The van der Waals surface area contributed by atoms with Gasteiger partial charge in [0.1, 0.15) is 5.75 Å². The van der Waals surface area contributed by atoms with Crippen molar-refractivity contribution in [1.29, 1.82) is 0 Å². The molecule has 0 saturated carbocycles. The number of methoxy groups -OCH3 is 1. The lowest BCUT2D eigenvalue weighted by atomic mass is 10.1. The fourth-order valence-electron chi connectivity index (χ4n) is 2.98. The summed E-state index contributed by atoms with van der Waals surface area (Å²) in [4.78, 5) is 14.0. The van der Waals surface area contributed by atoms with Gasteiger partial charge >= 0.3 is 0 Å². The van der Waals surface area contributed by atoms with Gasteiger partial charge in [-0.2, -0.15) is 0 Å². The Kier molecular flexibility index (Phi) is 6.62. The van der Waals surface area contributed by atoms with E-state index < -0.39 is 9.84 Å². The van der Waals surface area contributed by atoms with Crippen LogP contribution in [0.25, 0.3) is 0 Å². The largest absolute Gasteiger partial charge is 0.497 e. The van der Waals surface area contributed by atoms with E-state index in [0.29, 0.717) is 19.5 Å². The van der Waals surface area contributed by atoms with Gasteiger partial charge in [0.05, 0.1) is 25.2 Å². The van der Waals surface area contributed by atoms with Crippen LogP contribution >= 0.6 is 0 Å². The Morgan fingerprint density at radius 3 is 2.58 bits per heavy atom. The van der Waals surface area contributed by atoms with Crippen molar-refractivity contribution in [1.82, 2.24) is 10.2 Å². The van der Waals surface area contributed by atoms with Gasteiger partial charge in [0.25, 0.3) is 0 Å². The van der Waals surface area contributed by atoms with Gasteiger partial charge in [0.15, 0.2) is 9.84 Å². The van der Waals surface area contributed by atoms with Gasteiger partial charge in [-0.25, -0.2) is 8.42 Å². The fraction of sp³-hybridized carbons (Fsp3) is 0.588. The summed E-state index contributed by atoms with van der Waals surface area (Å²) in [6, 6.07) is 7.67. The molecule has 1 aliphatic heterocycles. The van der Waals surface area contributed by atoms with Gasteiger partial charge < -0.3 is 15.0 Å². The number of likely N-dealkylation sites (N-methyl/N-ethyl adjacent to an activating group) is 1. The zero-order valence-electron chi connectivity index (χ0n) is 14.3. The van der Waals surface area contributed by atoms with Crippen molar-refractivity contribution in [3.05, 3.63) is 29.8 Å². The third-order valence-electron chi connectivity index (χ3n) is 4.34. The molecule has 1 heterocycles. The minimum atomic E-state index is -2.98. The lowest BCUT2D eigenvalue weighted by molar-refractivity contribution is -0.131. The first-order chi connectivity index (χ1) is 11.4. The second kappa shape index (κ2) is 8.48. The van der Waals surface area contributed by atoms with Crippen LogP contribution in [0.3, 0.4) is 0 Å². The van der Waals surface area contributed by atoms with Crippen molar-refractivity contribution in [3.8, 4) is 5.75 Å². The maximum Gasteiger partial charge on any atom is 0.236 e. The molecule has 1 aliphatic rings. The average molecular weight is 354 g/mol. The quantitative estimate of drug-likeness (QED) is 0.701. The maximum atomic E-state index is 12.3. The number of nitrogens with one attached hydrogen (secondary N) is 1. The summed E-state index contributed by atoms with van der Waals surface area (Å²) in [5.74, 6) is 1.08. The number of hydrogen-bond acceptors (Lipinski definition) is 5. The van der Waals surface area contributed by atoms with Crippen molar-refractivity contribution in [2.24, 2.45) is 0 Å². The third-order valence-corrected chi connectivity index (χ3v) is 6.09. The zero-order chi connectivity index (χ0) is 17.6. The maximum absolute atomic E-state index is 12.3. The first-order valence-corrected chi connectivity index (χ1v) is 10.1. The van der Waals surface area contributed by atoms with E-state index in [1.165, 1.54) is 5.56 Å². The summed E-state index contributed by atoms with van der Waals surface area (Å²) in [5.41, 5.74) is 1.17. The number of ether oxygens (including phenoxy) is 1. The predicted octanol–water partition coefficient (Wildman–Crippen LogP) is 0.863. The molecule has 1 aromatic carbocycles. The minimum absolute atomic E-state index is 0.0330. The van der Waals surface area contributed by atoms with Crippen LogP contribution in [0.4, 0.5) is 0 Å². The molecule has 2 rings (SSSR count). The molecule has 1 fully saturated rings. The van der Waals surface area contributed by atoms with Gasteiger partial charge in [-0.15, -0.1) is 0 Å². The van der Waals surface area contributed by atoms with Crippen molar-refractivity contribution in [2.45, 2.75) is 25.8 Å². The van der Waals surface area contributed by atoms with E-state index >= 15 is 0 Å². The number of benzene rings is 1. The van der Waals surface area contributed by atoms with Crippen LogP contribution in [0.5, 0.6) is 5.75 Å². The Morgan fingerprint density at radius 2 is 2.04 bits per heavy atom. The van der Waals surface area contributed by atoms with Crippen LogP contribution in [-0.4, -0.2) is 63.5 Å². The number of rotatable bonds is 8. The Morgan fingerprint density at radius 1 is 1.33 bits per heavy atom. The molecule has 7 heteroatoms. The summed E-state index contributed by atoms with van der Waals surface area (Å²) in [6.45, 7) is 3.36. The number of sulfone groups is 1. The van der Waals surface area contributed by atoms with Gasteiger partial charge in [-0.1, -0.05) is 12.1 Å². The molecular formula is C17H26N2O4S. The topological polar surface area (TPSA) is 75.7 Å². The van der Waals surface area contributed by atoms with Crippen LogP contribution < -0.4 is 10.1 Å². The first kappa shape index (κ1) is 18.7. The Hall–Kier alpha value is -1.60. The van der Waals surface area contributed by atoms with Gasteiger partial charge in [0.2, 0.25) is 5.91 Å². The molecule has 1 saturated heterocycles. The first-order valence-electron chi connectivity index (χ1n) is 8.28. The monoisotopic (exact) mass is 354 g/mol. The van der Waals surface area contributed by atoms with Crippen LogP contribution in [0.2, 0.25) is 0 Å². The molecule has 24 heavy (non-hydrogen) atoms. The standard InChI is InChI=1S/C17H26N2O4S/c1-3-19(15-9-11-24(21,22)13-15)17(20)12-18-10-8-14-4-6-16(23-2)7-5-14/h4-7,15,18H,3,8-13H2,1-2H3. The Balaban J connectivity index is 1.75. The van der Waals surface area contributed by atoms with Crippen molar-refractivity contribution in [2.75, 3.05) is 38.2 Å². The average Bonchev–Trinajstić information content (AvgIpc) is 2.92. The number of carbonyl (C=O) groups is 1. The highest BCUT2D eigenvalue weighted by Gasteiger charge is 2.33. The van der Waals surface area contributed by atoms with Crippen LogP contribution in [0, 0.1) is 0 Å².